The number of unbranched alkanes of at least 4 members (excludes halogenated alkanes) is 1. The Bertz CT molecular complexity index is 531. The lowest BCUT2D eigenvalue weighted by Crippen LogP contribution is -2.35. The summed E-state index contributed by atoms with van der Waals surface area (Å²) < 4.78 is 38.6. The molecule has 0 spiro atoms. The van der Waals surface area contributed by atoms with Crippen LogP contribution in [0.3, 0.4) is 0 Å². The summed E-state index contributed by atoms with van der Waals surface area (Å²) in [7, 11) is 0. The van der Waals surface area contributed by atoms with E-state index in [4.69, 9.17) is 0 Å². The predicted molar refractivity (Wildman–Crippen MR) is 65.0 cm³/mol. The fourth-order valence-electron chi connectivity index (χ4n) is 1.83. The van der Waals surface area contributed by atoms with Crippen molar-refractivity contribution in [1.29, 1.82) is 0 Å². The molecule has 108 valence electrons. The van der Waals surface area contributed by atoms with Crippen molar-refractivity contribution >= 4 is 0 Å². The maximum Gasteiger partial charge on any atom is 0.423 e. The molecule has 0 unspecified atom stereocenters. The molecular weight excluding hydrogens is 261 g/mol. The van der Waals surface area contributed by atoms with Gasteiger partial charge in [-0.05, 0) is 12.3 Å². The molecule has 1 aromatic rings. The first-order valence-electron chi connectivity index (χ1n) is 6.16. The van der Waals surface area contributed by atoms with Crippen molar-refractivity contribution in [1.82, 2.24) is 9.55 Å². The topological polar surface area (TPSA) is 54.9 Å². The van der Waals surface area contributed by atoms with E-state index in [-0.39, 0.29) is 12.5 Å². The van der Waals surface area contributed by atoms with Crippen molar-refractivity contribution in [2.75, 3.05) is 0 Å². The Kier molecular flexibility index (Phi) is 4.97. The average molecular weight is 278 g/mol. The summed E-state index contributed by atoms with van der Waals surface area (Å²) in [5.41, 5.74) is -3.54. The second-order valence-corrected chi connectivity index (χ2v) is 4.70. The highest BCUT2D eigenvalue weighted by Crippen LogP contribution is 2.25. The van der Waals surface area contributed by atoms with Crippen LogP contribution in [0.25, 0.3) is 0 Å². The smallest absolute Gasteiger partial charge is 0.300 e. The molecule has 0 radical (unpaired) electrons. The van der Waals surface area contributed by atoms with Gasteiger partial charge in [-0.15, -0.1) is 0 Å². The molecule has 0 saturated carbocycles. The van der Waals surface area contributed by atoms with Crippen molar-refractivity contribution in [2.45, 2.75) is 45.8 Å². The van der Waals surface area contributed by atoms with Gasteiger partial charge in [0, 0.05) is 12.7 Å². The monoisotopic (exact) mass is 278 g/mol. The third-order valence-electron chi connectivity index (χ3n) is 2.88. The quantitative estimate of drug-likeness (QED) is 0.899. The Morgan fingerprint density at radius 1 is 1.37 bits per heavy atom. The molecule has 0 aromatic carbocycles. The summed E-state index contributed by atoms with van der Waals surface area (Å²) in [4.78, 5) is 24.3. The fraction of sp³-hybridized carbons (Fsp3) is 0.667. The zero-order chi connectivity index (χ0) is 14.6. The average Bonchev–Trinajstić information content (AvgIpc) is 2.28. The molecule has 19 heavy (non-hydrogen) atoms. The molecule has 4 nitrogen and oxygen atoms in total. The largest absolute Gasteiger partial charge is 0.423 e. The van der Waals surface area contributed by atoms with E-state index >= 15 is 0 Å². The van der Waals surface area contributed by atoms with Crippen LogP contribution < -0.4 is 11.2 Å². The van der Waals surface area contributed by atoms with Gasteiger partial charge in [-0.3, -0.25) is 14.3 Å². The number of hydrogen-bond acceptors (Lipinski definition) is 2. The Balaban J connectivity index is 3.02. The first-order valence-corrected chi connectivity index (χ1v) is 6.16. The molecule has 0 aliphatic carbocycles. The van der Waals surface area contributed by atoms with Crippen molar-refractivity contribution in [3.63, 3.8) is 0 Å². The van der Waals surface area contributed by atoms with Crippen molar-refractivity contribution in [2.24, 2.45) is 5.92 Å². The molecule has 1 atom stereocenters. The van der Waals surface area contributed by atoms with Gasteiger partial charge in [0.2, 0.25) is 0 Å². The van der Waals surface area contributed by atoms with Crippen LogP contribution in [0.4, 0.5) is 13.2 Å². The van der Waals surface area contributed by atoms with Gasteiger partial charge < -0.3 is 0 Å². The molecule has 0 aliphatic rings. The summed E-state index contributed by atoms with van der Waals surface area (Å²) in [6, 6.07) is 0. The van der Waals surface area contributed by atoms with Crippen LogP contribution in [-0.4, -0.2) is 9.55 Å². The third-order valence-corrected chi connectivity index (χ3v) is 2.88. The minimum absolute atomic E-state index is 0.0737. The predicted octanol–water partition coefficient (Wildman–Crippen LogP) is 2.38. The zero-order valence-electron chi connectivity index (χ0n) is 10.9. The van der Waals surface area contributed by atoms with E-state index in [1.807, 2.05) is 13.8 Å². The minimum Gasteiger partial charge on any atom is -0.300 e. The summed E-state index contributed by atoms with van der Waals surface area (Å²) in [6.07, 6.45) is -1.40. The number of aromatic nitrogens is 2. The number of halogens is 3. The summed E-state index contributed by atoms with van der Waals surface area (Å²) in [6.45, 7) is 4.04. The minimum atomic E-state index is -4.75. The van der Waals surface area contributed by atoms with E-state index in [1.54, 1.807) is 4.98 Å². The maximum atomic E-state index is 12.6. The summed E-state index contributed by atoms with van der Waals surface area (Å²) >= 11 is 0. The maximum absolute atomic E-state index is 12.6. The molecule has 0 bridgehead atoms. The van der Waals surface area contributed by atoms with E-state index < -0.39 is 23.0 Å². The molecular formula is C12H17F3N2O2. The first-order chi connectivity index (χ1) is 8.75. The van der Waals surface area contributed by atoms with Crippen LogP contribution in [0.1, 0.15) is 38.7 Å². The number of aromatic amines is 1. The third kappa shape index (κ3) is 4.25. The number of alkyl halides is 3. The SMILES string of the molecule is CCCC[C@@H](C)Cn1cc(C(F)(F)F)c(=O)[nH]c1=O. The van der Waals surface area contributed by atoms with Gasteiger partial charge in [0.1, 0.15) is 5.56 Å². The molecule has 1 N–H and O–H groups in total. The van der Waals surface area contributed by atoms with Gasteiger partial charge in [-0.1, -0.05) is 26.7 Å². The molecule has 0 aliphatic heterocycles. The van der Waals surface area contributed by atoms with E-state index in [1.165, 1.54) is 0 Å². The Labute approximate surface area is 108 Å². The lowest BCUT2D eigenvalue weighted by atomic mass is 10.0. The fourth-order valence-corrected chi connectivity index (χ4v) is 1.83. The van der Waals surface area contributed by atoms with Gasteiger partial charge in [-0.25, -0.2) is 4.79 Å². The number of nitrogens with one attached hydrogen (secondary N) is 1. The molecule has 1 rings (SSSR count). The number of H-pyrrole nitrogens is 1. The van der Waals surface area contributed by atoms with Crippen LogP contribution >= 0.6 is 0 Å². The lowest BCUT2D eigenvalue weighted by molar-refractivity contribution is -0.139. The van der Waals surface area contributed by atoms with Crippen LogP contribution in [0.2, 0.25) is 0 Å². The molecule has 0 amide bonds. The van der Waals surface area contributed by atoms with Crippen molar-refractivity contribution in [3.8, 4) is 0 Å². The highest BCUT2D eigenvalue weighted by Gasteiger charge is 2.34. The standard InChI is InChI=1S/C12H17F3N2O2/c1-3-4-5-8(2)6-17-7-9(12(13,14)15)10(18)16-11(17)19/h7-8H,3-6H2,1-2H3,(H,16,18,19)/t8-/m1/s1. The van der Waals surface area contributed by atoms with Crippen LogP contribution in [0.15, 0.2) is 15.8 Å². The Hall–Kier alpha value is -1.53. The Morgan fingerprint density at radius 2 is 2.00 bits per heavy atom. The van der Waals surface area contributed by atoms with Crippen LogP contribution in [-0.2, 0) is 12.7 Å². The van der Waals surface area contributed by atoms with E-state index in [0.717, 1.165) is 23.8 Å². The highest BCUT2D eigenvalue weighted by molar-refractivity contribution is 5.08. The summed E-state index contributed by atoms with van der Waals surface area (Å²) in [5, 5.41) is 0. The normalized spacial score (nSPS) is 13.5. The summed E-state index contributed by atoms with van der Waals surface area (Å²) in [5.74, 6) is 0.0737. The van der Waals surface area contributed by atoms with Crippen LogP contribution in [0.5, 0.6) is 0 Å². The molecule has 7 heteroatoms. The van der Waals surface area contributed by atoms with Gasteiger partial charge in [0.15, 0.2) is 0 Å². The van der Waals surface area contributed by atoms with Crippen LogP contribution in [0, 0.1) is 5.92 Å². The van der Waals surface area contributed by atoms with Gasteiger partial charge in [0.25, 0.3) is 5.56 Å². The van der Waals surface area contributed by atoms with Gasteiger partial charge >= 0.3 is 11.9 Å². The number of rotatable bonds is 5. The second kappa shape index (κ2) is 6.08. The Morgan fingerprint density at radius 3 is 2.53 bits per heavy atom. The van der Waals surface area contributed by atoms with Gasteiger partial charge in [-0.2, -0.15) is 13.2 Å². The highest BCUT2D eigenvalue weighted by atomic mass is 19.4. The van der Waals surface area contributed by atoms with Gasteiger partial charge in [0.05, 0.1) is 0 Å². The lowest BCUT2D eigenvalue weighted by Gasteiger charge is -2.14. The molecule has 1 heterocycles. The molecule has 1 aromatic heterocycles. The van der Waals surface area contributed by atoms with E-state index in [0.29, 0.717) is 6.20 Å². The number of hydrogen-bond donors (Lipinski definition) is 1. The van der Waals surface area contributed by atoms with E-state index in [2.05, 4.69) is 0 Å². The van der Waals surface area contributed by atoms with Crippen molar-refractivity contribution < 1.29 is 13.2 Å². The zero-order valence-corrected chi connectivity index (χ0v) is 10.9. The first kappa shape index (κ1) is 15.5. The second-order valence-electron chi connectivity index (χ2n) is 4.70. The number of nitrogens with zero attached hydrogens (tertiary/aromatic N) is 1. The molecule has 0 saturated heterocycles. The van der Waals surface area contributed by atoms with E-state index in [9.17, 15) is 22.8 Å². The molecule has 0 fully saturated rings. The van der Waals surface area contributed by atoms with Crippen molar-refractivity contribution in [3.05, 3.63) is 32.6 Å².